The van der Waals surface area contributed by atoms with Crippen LogP contribution < -0.4 is 20.3 Å². The van der Waals surface area contributed by atoms with E-state index in [1.807, 2.05) is 49.4 Å². The van der Waals surface area contributed by atoms with Crippen LogP contribution in [0.4, 0.5) is 0 Å². The van der Waals surface area contributed by atoms with E-state index in [2.05, 4.69) is 10.3 Å². The molecule has 0 saturated carbocycles. The Balaban J connectivity index is 1.79. The van der Waals surface area contributed by atoms with Gasteiger partial charge in [-0.3, -0.25) is 14.0 Å². The first kappa shape index (κ1) is 23.3. The molecule has 35 heavy (non-hydrogen) atoms. The Labute approximate surface area is 201 Å². The third-order valence-electron chi connectivity index (χ3n) is 5.27. The molecule has 2 aromatic carbocycles. The molecule has 0 aliphatic rings. The van der Waals surface area contributed by atoms with E-state index in [0.29, 0.717) is 17.1 Å². The Morgan fingerprint density at radius 1 is 1.09 bits per heavy atom. The van der Waals surface area contributed by atoms with Gasteiger partial charge in [0, 0.05) is 12.7 Å². The minimum atomic E-state index is -0.617. The molecular weight excluding hydrogens is 444 g/mol. The van der Waals surface area contributed by atoms with Crippen LogP contribution in [0.1, 0.15) is 16.7 Å². The summed E-state index contributed by atoms with van der Waals surface area (Å²) in [5, 5.41) is 12.4. The van der Waals surface area contributed by atoms with Crippen molar-refractivity contribution in [3.8, 4) is 23.4 Å². The number of aromatic nitrogens is 2. The summed E-state index contributed by atoms with van der Waals surface area (Å²) in [5.41, 5.74) is 1.26. The maximum atomic E-state index is 13.4. The largest absolute Gasteiger partial charge is 0.493 e. The van der Waals surface area contributed by atoms with Crippen molar-refractivity contribution in [3.63, 3.8) is 0 Å². The van der Waals surface area contributed by atoms with Crippen LogP contribution in [0, 0.1) is 18.3 Å². The highest BCUT2D eigenvalue weighted by Gasteiger charge is 2.19. The Morgan fingerprint density at radius 2 is 1.80 bits per heavy atom. The third-order valence-corrected chi connectivity index (χ3v) is 5.27. The summed E-state index contributed by atoms with van der Waals surface area (Å²) < 4.78 is 12.7. The lowest BCUT2D eigenvalue weighted by molar-refractivity contribution is -0.117. The number of benzene rings is 2. The summed E-state index contributed by atoms with van der Waals surface area (Å²) in [6, 6.07) is 21.6. The number of nitrogens with zero attached hydrogens (tertiary/aromatic N) is 3. The molecule has 0 spiro atoms. The highest BCUT2D eigenvalue weighted by atomic mass is 16.5. The van der Waals surface area contributed by atoms with Crippen molar-refractivity contribution in [3.05, 3.63) is 106 Å². The first-order valence-electron chi connectivity index (χ1n) is 10.8. The Morgan fingerprint density at radius 3 is 2.51 bits per heavy atom. The number of nitrogens with one attached hydrogen (secondary N) is 1. The van der Waals surface area contributed by atoms with Crippen LogP contribution in [0.5, 0.6) is 17.4 Å². The van der Waals surface area contributed by atoms with E-state index in [9.17, 15) is 14.9 Å². The molecule has 0 unspecified atom stereocenters. The third kappa shape index (κ3) is 5.04. The average Bonchev–Trinajstić information content (AvgIpc) is 2.89. The summed E-state index contributed by atoms with van der Waals surface area (Å²) >= 11 is 0. The molecule has 0 aliphatic heterocycles. The smallest absolute Gasteiger partial charge is 0.269 e. The van der Waals surface area contributed by atoms with E-state index in [-0.39, 0.29) is 23.6 Å². The van der Waals surface area contributed by atoms with Gasteiger partial charge in [-0.25, -0.2) is 0 Å². The van der Waals surface area contributed by atoms with Gasteiger partial charge in [0.25, 0.3) is 11.5 Å². The standard InChI is InChI=1S/C27H22N4O4/c1-18-9-8-14-31-24(18)30-26(35-23-13-7-6-12-22(23)34-2)21(27(31)33)15-20(16-28)25(32)29-17-19-10-4-3-5-11-19/h3-15H,17H2,1-2H3,(H,29,32)/b20-15+. The zero-order valence-electron chi connectivity index (χ0n) is 19.2. The van der Waals surface area contributed by atoms with Gasteiger partial charge in [0.15, 0.2) is 11.5 Å². The predicted octanol–water partition coefficient (Wildman–Crippen LogP) is 4.03. The van der Waals surface area contributed by atoms with E-state index in [1.54, 1.807) is 36.5 Å². The second-order valence-corrected chi connectivity index (χ2v) is 7.61. The number of hydrogen-bond donors (Lipinski definition) is 1. The van der Waals surface area contributed by atoms with E-state index in [0.717, 1.165) is 11.1 Å². The summed E-state index contributed by atoms with van der Waals surface area (Å²) in [4.78, 5) is 30.7. The summed E-state index contributed by atoms with van der Waals surface area (Å²) in [7, 11) is 1.50. The highest BCUT2D eigenvalue weighted by Crippen LogP contribution is 2.32. The number of carbonyl (C=O) groups is 1. The van der Waals surface area contributed by atoms with Crippen molar-refractivity contribution in [2.75, 3.05) is 7.11 Å². The normalized spacial score (nSPS) is 11.1. The lowest BCUT2D eigenvalue weighted by Gasteiger charge is -2.13. The van der Waals surface area contributed by atoms with Gasteiger partial charge in [-0.05, 0) is 42.3 Å². The fraction of sp³-hybridized carbons (Fsp3) is 0.111. The number of fused-ring (bicyclic) bond motifs is 1. The fourth-order valence-corrected chi connectivity index (χ4v) is 3.47. The number of nitriles is 1. The molecular formula is C27H22N4O4. The number of carbonyl (C=O) groups excluding carboxylic acids is 1. The van der Waals surface area contributed by atoms with Crippen molar-refractivity contribution in [1.82, 2.24) is 14.7 Å². The maximum absolute atomic E-state index is 13.4. The van der Waals surface area contributed by atoms with Crippen molar-refractivity contribution >= 4 is 17.6 Å². The van der Waals surface area contributed by atoms with Crippen molar-refractivity contribution in [2.24, 2.45) is 0 Å². The Bertz CT molecular complexity index is 1520. The second-order valence-electron chi connectivity index (χ2n) is 7.61. The summed E-state index contributed by atoms with van der Waals surface area (Å²) in [6.45, 7) is 2.05. The lowest BCUT2D eigenvalue weighted by atomic mass is 10.1. The van der Waals surface area contributed by atoms with Crippen LogP contribution in [-0.2, 0) is 11.3 Å². The molecule has 0 bridgehead atoms. The number of para-hydroxylation sites is 2. The molecule has 174 valence electrons. The number of methoxy groups -OCH3 is 1. The van der Waals surface area contributed by atoms with Crippen molar-refractivity contribution in [2.45, 2.75) is 13.5 Å². The van der Waals surface area contributed by atoms with Gasteiger partial charge in [0.05, 0.1) is 7.11 Å². The fourth-order valence-electron chi connectivity index (χ4n) is 3.47. The van der Waals surface area contributed by atoms with Gasteiger partial charge in [0.2, 0.25) is 5.88 Å². The molecule has 4 rings (SSSR count). The zero-order chi connectivity index (χ0) is 24.8. The van der Waals surface area contributed by atoms with Crippen LogP contribution >= 0.6 is 0 Å². The predicted molar refractivity (Wildman–Crippen MR) is 131 cm³/mol. The van der Waals surface area contributed by atoms with E-state index < -0.39 is 11.5 Å². The average molecular weight is 466 g/mol. The molecule has 2 aromatic heterocycles. The summed E-state index contributed by atoms with van der Waals surface area (Å²) in [6.07, 6.45) is 2.78. The number of hydrogen-bond acceptors (Lipinski definition) is 6. The molecule has 0 aliphatic carbocycles. The molecule has 8 heteroatoms. The molecule has 0 saturated heterocycles. The van der Waals surface area contributed by atoms with Crippen LogP contribution in [0.3, 0.4) is 0 Å². The van der Waals surface area contributed by atoms with Gasteiger partial charge < -0.3 is 14.8 Å². The molecule has 0 atom stereocenters. The topological polar surface area (TPSA) is 106 Å². The number of aryl methyl sites for hydroxylation is 1. The maximum Gasteiger partial charge on any atom is 0.269 e. The Kier molecular flexibility index (Phi) is 6.88. The van der Waals surface area contributed by atoms with Crippen LogP contribution in [-0.4, -0.2) is 22.4 Å². The molecule has 8 nitrogen and oxygen atoms in total. The number of pyridine rings is 1. The van der Waals surface area contributed by atoms with E-state index >= 15 is 0 Å². The van der Waals surface area contributed by atoms with E-state index in [1.165, 1.54) is 17.6 Å². The van der Waals surface area contributed by atoms with Gasteiger partial charge in [-0.1, -0.05) is 48.5 Å². The van der Waals surface area contributed by atoms with E-state index in [4.69, 9.17) is 9.47 Å². The molecule has 1 N–H and O–H groups in total. The number of ether oxygens (including phenoxy) is 2. The second kappa shape index (κ2) is 10.4. The minimum absolute atomic E-state index is 0.0367. The first-order chi connectivity index (χ1) is 17.0. The lowest BCUT2D eigenvalue weighted by Crippen LogP contribution is -2.25. The number of rotatable bonds is 7. The van der Waals surface area contributed by atoms with Gasteiger partial charge in [-0.15, -0.1) is 0 Å². The molecule has 0 fully saturated rings. The van der Waals surface area contributed by atoms with Crippen molar-refractivity contribution < 1.29 is 14.3 Å². The Hall–Kier alpha value is -4.90. The quantitative estimate of drug-likeness (QED) is 0.326. The van der Waals surface area contributed by atoms with Crippen molar-refractivity contribution in [1.29, 1.82) is 5.26 Å². The first-order valence-corrected chi connectivity index (χ1v) is 10.8. The minimum Gasteiger partial charge on any atom is -0.493 e. The monoisotopic (exact) mass is 466 g/mol. The van der Waals surface area contributed by atoms with Crippen LogP contribution in [0.25, 0.3) is 11.7 Å². The van der Waals surface area contributed by atoms with Gasteiger partial charge >= 0.3 is 0 Å². The number of amides is 1. The molecule has 0 radical (unpaired) electrons. The van der Waals surface area contributed by atoms with Crippen LogP contribution in [0.15, 0.2) is 83.3 Å². The molecule has 2 heterocycles. The van der Waals surface area contributed by atoms with Gasteiger partial charge in [-0.2, -0.15) is 10.2 Å². The SMILES string of the molecule is COc1ccccc1Oc1nc2c(C)cccn2c(=O)c1/C=C(\C#N)C(=O)NCc1ccccc1. The zero-order valence-corrected chi connectivity index (χ0v) is 19.2. The molecule has 4 aromatic rings. The molecule has 1 amide bonds. The highest BCUT2D eigenvalue weighted by molar-refractivity contribution is 6.01. The van der Waals surface area contributed by atoms with Gasteiger partial charge in [0.1, 0.15) is 22.9 Å². The summed E-state index contributed by atoms with van der Waals surface area (Å²) in [5.74, 6) is 0.114. The van der Waals surface area contributed by atoms with Crippen LogP contribution in [0.2, 0.25) is 0 Å².